The molecule has 0 radical (unpaired) electrons. The van der Waals surface area contributed by atoms with E-state index in [0.29, 0.717) is 14.5 Å². The highest BCUT2D eigenvalue weighted by Crippen LogP contribution is 2.32. The lowest BCUT2D eigenvalue weighted by atomic mass is 10.1. The highest BCUT2D eigenvalue weighted by atomic mass is 127. The molecule has 6 heteroatoms. The minimum absolute atomic E-state index is 0.407. The molecule has 0 saturated carbocycles. The highest BCUT2D eigenvalue weighted by Gasteiger charge is 2.31. The van der Waals surface area contributed by atoms with Crippen LogP contribution >= 0.6 is 22.6 Å². The molecular weight excluding hydrogens is 308 g/mol. The first kappa shape index (κ1) is 9.75. The van der Waals surface area contributed by atoms with Crippen molar-refractivity contribution in [3.8, 4) is 0 Å². The van der Waals surface area contributed by atoms with Crippen molar-refractivity contribution in [3.05, 3.63) is 27.5 Å². The lowest BCUT2D eigenvalue weighted by Crippen LogP contribution is -2.04. The van der Waals surface area contributed by atoms with E-state index in [1.54, 1.807) is 0 Å². The first-order valence-electron chi connectivity index (χ1n) is 3.68. The highest BCUT2D eigenvalue weighted by molar-refractivity contribution is 14.1. The summed E-state index contributed by atoms with van der Waals surface area (Å²) in [5.74, 6) is 0. The first-order valence-corrected chi connectivity index (χ1v) is 4.76. The van der Waals surface area contributed by atoms with E-state index in [1.165, 1.54) is 6.20 Å². The number of hydrogen-bond acceptors (Lipinski definition) is 1. The van der Waals surface area contributed by atoms with Gasteiger partial charge in [0.05, 0.1) is 17.3 Å². The fourth-order valence-electron chi connectivity index (χ4n) is 1.17. The molecule has 0 spiro atoms. The predicted molar refractivity (Wildman–Crippen MR) is 53.8 cm³/mol. The van der Waals surface area contributed by atoms with Crippen molar-refractivity contribution in [2.75, 3.05) is 0 Å². The van der Waals surface area contributed by atoms with Crippen LogP contribution in [0.25, 0.3) is 10.9 Å². The third-order valence-electron chi connectivity index (χ3n) is 1.84. The molecule has 1 N–H and O–H groups in total. The van der Waals surface area contributed by atoms with E-state index in [4.69, 9.17) is 0 Å². The molecule has 74 valence electrons. The van der Waals surface area contributed by atoms with Gasteiger partial charge >= 0.3 is 6.18 Å². The maximum absolute atomic E-state index is 12.4. The normalized spacial score (nSPS) is 12.3. The van der Waals surface area contributed by atoms with Gasteiger partial charge < -0.3 is 0 Å². The second kappa shape index (κ2) is 3.11. The largest absolute Gasteiger partial charge is 0.416 e. The minimum Gasteiger partial charge on any atom is -0.278 e. The van der Waals surface area contributed by atoms with Crippen molar-refractivity contribution in [3.63, 3.8) is 0 Å². The molecule has 2 nitrogen and oxygen atoms in total. The van der Waals surface area contributed by atoms with Gasteiger partial charge in [-0.05, 0) is 34.7 Å². The van der Waals surface area contributed by atoms with Crippen LogP contribution in [0.4, 0.5) is 13.2 Å². The van der Waals surface area contributed by atoms with Crippen molar-refractivity contribution in [2.24, 2.45) is 0 Å². The average Bonchev–Trinajstić information content (AvgIpc) is 2.50. The van der Waals surface area contributed by atoms with E-state index in [0.717, 1.165) is 12.1 Å². The van der Waals surface area contributed by atoms with Gasteiger partial charge in [0, 0.05) is 8.96 Å². The number of H-pyrrole nitrogens is 1. The van der Waals surface area contributed by atoms with Gasteiger partial charge in [-0.2, -0.15) is 18.3 Å². The summed E-state index contributed by atoms with van der Waals surface area (Å²) in [7, 11) is 0. The number of hydrogen-bond donors (Lipinski definition) is 1. The lowest BCUT2D eigenvalue weighted by Gasteiger charge is -2.06. The van der Waals surface area contributed by atoms with E-state index >= 15 is 0 Å². The number of halogens is 4. The minimum atomic E-state index is -4.31. The van der Waals surface area contributed by atoms with Crippen molar-refractivity contribution in [1.29, 1.82) is 0 Å². The standard InChI is InChI=1S/C8H4F3IN2/c9-8(10,11)4-1-6(12)5-3-13-14-7(5)2-4/h1-3H,(H,13,14). The van der Waals surface area contributed by atoms with Crippen LogP contribution < -0.4 is 0 Å². The van der Waals surface area contributed by atoms with Gasteiger partial charge in [-0.1, -0.05) is 0 Å². The molecule has 0 saturated heterocycles. The molecule has 1 aromatic carbocycles. The molecule has 0 aliphatic heterocycles. The van der Waals surface area contributed by atoms with Crippen LogP contribution in [0.1, 0.15) is 5.56 Å². The van der Waals surface area contributed by atoms with Crippen molar-refractivity contribution < 1.29 is 13.2 Å². The molecule has 0 aliphatic rings. The van der Waals surface area contributed by atoms with Gasteiger partial charge in [0.25, 0.3) is 0 Å². The quantitative estimate of drug-likeness (QED) is 0.744. The van der Waals surface area contributed by atoms with Crippen LogP contribution in [0.2, 0.25) is 0 Å². The fraction of sp³-hybridized carbons (Fsp3) is 0.125. The zero-order chi connectivity index (χ0) is 10.3. The Morgan fingerprint density at radius 2 is 2.00 bits per heavy atom. The number of aromatic amines is 1. The Balaban J connectivity index is 2.70. The van der Waals surface area contributed by atoms with Crippen molar-refractivity contribution in [1.82, 2.24) is 10.2 Å². The van der Waals surface area contributed by atoms with E-state index in [9.17, 15) is 13.2 Å². The summed E-state index contributed by atoms with van der Waals surface area (Å²) in [6.45, 7) is 0. The van der Waals surface area contributed by atoms with Gasteiger partial charge in [-0.25, -0.2) is 0 Å². The van der Waals surface area contributed by atoms with Crippen LogP contribution in [0.15, 0.2) is 18.3 Å². The molecule has 0 aliphatic carbocycles. The van der Waals surface area contributed by atoms with E-state index in [1.807, 2.05) is 22.6 Å². The average molecular weight is 312 g/mol. The van der Waals surface area contributed by atoms with Crippen LogP contribution in [-0.4, -0.2) is 10.2 Å². The number of nitrogens with one attached hydrogen (secondary N) is 1. The smallest absolute Gasteiger partial charge is 0.278 e. The summed E-state index contributed by atoms with van der Waals surface area (Å²) < 4.78 is 37.6. The van der Waals surface area contributed by atoms with Crippen LogP contribution in [0.3, 0.4) is 0 Å². The van der Waals surface area contributed by atoms with E-state index in [2.05, 4.69) is 10.2 Å². The van der Waals surface area contributed by atoms with Crippen molar-refractivity contribution in [2.45, 2.75) is 6.18 Å². The van der Waals surface area contributed by atoms with Gasteiger partial charge in [0.15, 0.2) is 0 Å². The zero-order valence-electron chi connectivity index (χ0n) is 6.69. The summed E-state index contributed by atoms with van der Waals surface area (Å²) >= 11 is 1.86. The first-order chi connectivity index (χ1) is 6.48. The topological polar surface area (TPSA) is 28.7 Å². The number of aromatic nitrogens is 2. The third kappa shape index (κ3) is 1.58. The molecule has 14 heavy (non-hydrogen) atoms. The lowest BCUT2D eigenvalue weighted by molar-refractivity contribution is -0.137. The maximum atomic E-state index is 12.4. The van der Waals surface area contributed by atoms with Gasteiger partial charge in [0.1, 0.15) is 0 Å². The summed E-state index contributed by atoms with van der Waals surface area (Å²) in [6.07, 6.45) is -2.80. The molecule has 0 bridgehead atoms. The number of benzene rings is 1. The van der Waals surface area contributed by atoms with Crippen LogP contribution in [0.5, 0.6) is 0 Å². The maximum Gasteiger partial charge on any atom is 0.416 e. The molecular formula is C8H4F3IN2. The molecule has 1 heterocycles. The van der Waals surface area contributed by atoms with Gasteiger partial charge in [0.2, 0.25) is 0 Å². The summed E-state index contributed by atoms with van der Waals surface area (Å²) in [4.78, 5) is 0. The third-order valence-corrected chi connectivity index (χ3v) is 2.73. The molecule has 2 rings (SSSR count). The van der Waals surface area contributed by atoms with Gasteiger partial charge in [-0.15, -0.1) is 0 Å². The number of nitrogens with zero attached hydrogens (tertiary/aromatic N) is 1. The van der Waals surface area contributed by atoms with Crippen molar-refractivity contribution >= 4 is 33.5 Å². The molecule has 1 aromatic heterocycles. The molecule has 0 unspecified atom stereocenters. The fourth-order valence-corrected chi connectivity index (χ4v) is 1.94. The van der Waals surface area contributed by atoms with E-state index < -0.39 is 11.7 Å². The summed E-state index contributed by atoms with van der Waals surface area (Å²) in [6, 6.07) is 2.17. The zero-order valence-corrected chi connectivity index (χ0v) is 8.85. The summed E-state index contributed by atoms with van der Waals surface area (Å²) in [5, 5.41) is 6.91. The predicted octanol–water partition coefficient (Wildman–Crippen LogP) is 3.19. The molecule has 0 amide bonds. The Labute approximate surface area is 90.6 Å². The molecule has 0 fully saturated rings. The van der Waals surface area contributed by atoms with Crippen LogP contribution in [0, 0.1) is 3.57 Å². The van der Waals surface area contributed by atoms with Gasteiger partial charge in [-0.3, -0.25) is 5.10 Å². The number of alkyl halides is 3. The second-order valence-corrected chi connectivity index (χ2v) is 3.95. The molecule has 2 aromatic rings. The molecule has 0 atom stereocenters. The van der Waals surface area contributed by atoms with E-state index in [-0.39, 0.29) is 0 Å². The summed E-state index contributed by atoms with van der Waals surface area (Å²) in [5.41, 5.74) is -0.247. The number of rotatable bonds is 0. The second-order valence-electron chi connectivity index (χ2n) is 2.79. The Bertz CT molecular complexity index is 475. The van der Waals surface area contributed by atoms with Crippen LogP contribution in [-0.2, 0) is 6.18 Å². The SMILES string of the molecule is FC(F)(F)c1cc(I)c2cn[nH]c2c1. The Hall–Kier alpha value is -0.790. The Morgan fingerprint density at radius 1 is 1.29 bits per heavy atom. The Morgan fingerprint density at radius 3 is 2.64 bits per heavy atom. The number of fused-ring (bicyclic) bond motifs is 1. The monoisotopic (exact) mass is 312 g/mol. The Kier molecular flexibility index (Phi) is 2.17.